The van der Waals surface area contributed by atoms with Crippen molar-refractivity contribution >= 4 is 21.4 Å². The quantitative estimate of drug-likeness (QED) is 0.335. The number of methoxy groups -OCH3 is 1. The van der Waals surface area contributed by atoms with E-state index in [-0.39, 0.29) is 11.5 Å². The second-order valence-corrected chi connectivity index (χ2v) is 10.2. The van der Waals surface area contributed by atoms with E-state index < -0.39 is 9.84 Å². The maximum atomic E-state index is 13.1. The largest absolute Gasteiger partial charge is 0.495 e. The van der Waals surface area contributed by atoms with Gasteiger partial charge in [-0.25, -0.2) is 8.42 Å². The molecule has 4 rings (SSSR count). The van der Waals surface area contributed by atoms with Gasteiger partial charge in [-0.2, -0.15) is 0 Å². The van der Waals surface area contributed by atoms with Gasteiger partial charge >= 0.3 is 0 Å². The summed E-state index contributed by atoms with van der Waals surface area (Å²) < 4.78 is 39.0. The van der Waals surface area contributed by atoms with Crippen LogP contribution in [0, 0.1) is 0 Å². The second-order valence-electron chi connectivity index (χ2n) is 7.54. The molecule has 0 saturated carbocycles. The molecule has 0 atom stereocenters. The first-order chi connectivity index (χ1) is 15.9. The Bertz CT molecular complexity index is 1310. The van der Waals surface area contributed by atoms with E-state index in [0.29, 0.717) is 46.7 Å². The summed E-state index contributed by atoms with van der Waals surface area (Å²) in [7, 11) is -1.91. The zero-order chi connectivity index (χ0) is 23.4. The van der Waals surface area contributed by atoms with E-state index in [2.05, 4.69) is 10.2 Å². The van der Waals surface area contributed by atoms with Gasteiger partial charge in [0.15, 0.2) is 21.4 Å². The van der Waals surface area contributed by atoms with E-state index in [1.54, 1.807) is 42.2 Å². The minimum absolute atomic E-state index is 0.0237. The Balaban J connectivity index is 1.73. The Morgan fingerprint density at radius 1 is 1.06 bits per heavy atom. The Hall–Kier alpha value is -3.10. The van der Waals surface area contributed by atoms with Crippen molar-refractivity contribution in [3.63, 3.8) is 0 Å². The third-order valence-electron chi connectivity index (χ3n) is 5.34. The zero-order valence-corrected chi connectivity index (χ0v) is 19.9. The molecule has 0 spiro atoms. The molecular formula is C24H24ClN3O4S. The fourth-order valence-electron chi connectivity index (χ4n) is 3.68. The first-order valence-electron chi connectivity index (χ1n) is 10.5. The molecule has 7 nitrogen and oxygen atoms in total. The highest BCUT2D eigenvalue weighted by Crippen LogP contribution is 2.33. The van der Waals surface area contributed by atoms with E-state index >= 15 is 0 Å². The zero-order valence-electron chi connectivity index (χ0n) is 18.4. The van der Waals surface area contributed by atoms with Crippen LogP contribution in [-0.4, -0.2) is 36.0 Å². The molecular weight excluding hydrogens is 462 g/mol. The molecule has 0 aliphatic heterocycles. The Kier molecular flexibility index (Phi) is 6.85. The fourth-order valence-corrected chi connectivity index (χ4v) is 5.07. The maximum Gasteiger partial charge on any atom is 0.204 e. The van der Waals surface area contributed by atoms with E-state index in [4.69, 9.17) is 20.8 Å². The van der Waals surface area contributed by atoms with Gasteiger partial charge in [0, 0.05) is 5.02 Å². The molecule has 33 heavy (non-hydrogen) atoms. The molecule has 0 radical (unpaired) electrons. The number of halogens is 1. The van der Waals surface area contributed by atoms with Crippen molar-refractivity contribution in [3.8, 4) is 23.0 Å². The molecule has 0 fully saturated rings. The summed E-state index contributed by atoms with van der Waals surface area (Å²) in [6.45, 7) is 2.03. The molecule has 2 aromatic heterocycles. The number of rotatable bonds is 9. The predicted octanol–water partition coefficient (Wildman–Crippen LogP) is 4.91. The van der Waals surface area contributed by atoms with Gasteiger partial charge < -0.3 is 9.15 Å². The maximum absolute atomic E-state index is 13.1. The molecule has 0 bridgehead atoms. The highest BCUT2D eigenvalue weighted by molar-refractivity contribution is 7.90. The third-order valence-corrected chi connectivity index (χ3v) is 7.12. The van der Waals surface area contributed by atoms with E-state index in [1.165, 1.54) is 0 Å². The lowest BCUT2D eigenvalue weighted by molar-refractivity contribution is 0.412. The standard InChI is InChI=1S/C24H24ClN3O4S/c1-3-18-6-4-7-20(31-2)23(18)28-22(26-27-24(28)21-8-5-14-32-21)16-33(29,30)15-13-17-9-11-19(25)12-10-17/h4-12,14H,3,13,15-16H2,1-2H3. The number of hydrogen-bond donors (Lipinski definition) is 0. The van der Waals surface area contributed by atoms with Crippen LogP contribution < -0.4 is 4.74 Å². The number of sulfone groups is 1. The number of ether oxygens (including phenoxy) is 1. The van der Waals surface area contributed by atoms with Crippen molar-refractivity contribution in [1.82, 2.24) is 14.8 Å². The fraction of sp³-hybridized carbons (Fsp3) is 0.250. The molecule has 0 aliphatic carbocycles. The number of furan rings is 1. The lowest BCUT2D eigenvalue weighted by Gasteiger charge is -2.17. The monoisotopic (exact) mass is 485 g/mol. The average molecular weight is 486 g/mol. The van der Waals surface area contributed by atoms with E-state index in [0.717, 1.165) is 11.1 Å². The SMILES string of the molecule is CCc1cccc(OC)c1-n1c(CS(=O)(=O)CCc2ccc(Cl)cc2)nnc1-c1ccco1. The highest BCUT2D eigenvalue weighted by atomic mass is 35.5. The van der Waals surface area contributed by atoms with Crippen molar-refractivity contribution in [3.05, 3.63) is 82.8 Å². The van der Waals surface area contributed by atoms with Crippen molar-refractivity contribution in [1.29, 1.82) is 0 Å². The van der Waals surface area contributed by atoms with Crippen molar-refractivity contribution in [2.24, 2.45) is 0 Å². The number of aryl methyl sites for hydroxylation is 2. The summed E-state index contributed by atoms with van der Waals surface area (Å²) in [6.07, 6.45) is 2.64. The van der Waals surface area contributed by atoms with Crippen molar-refractivity contribution < 1.29 is 17.6 Å². The van der Waals surface area contributed by atoms with Crippen molar-refractivity contribution in [2.45, 2.75) is 25.5 Å². The van der Waals surface area contributed by atoms with Gasteiger partial charge in [-0.15, -0.1) is 10.2 Å². The van der Waals surface area contributed by atoms with Crippen LogP contribution in [-0.2, 0) is 28.4 Å². The number of benzene rings is 2. The first kappa shape index (κ1) is 23.1. The Morgan fingerprint density at radius 2 is 1.85 bits per heavy atom. The lowest BCUT2D eigenvalue weighted by Crippen LogP contribution is -2.16. The molecule has 0 amide bonds. The van der Waals surface area contributed by atoms with Crippen LogP contribution in [0.4, 0.5) is 0 Å². The summed E-state index contributed by atoms with van der Waals surface area (Å²) in [5.74, 6) is 1.51. The van der Waals surface area contributed by atoms with Gasteiger partial charge in [0.25, 0.3) is 0 Å². The number of para-hydroxylation sites is 1. The number of hydrogen-bond acceptors (Lipinski definition) is 6. The van der Waals surface area contributed by atoms with Crippen LogP contribution in [0.5, 0.6) is 5.75 Å². The number of aromatic nitrogens is 3. The first-order valence-corrected chi connectivity index (χ1v) is 12.7. The Morgan fingerprint density at radius 3 is 2.52 bits per heavy atom. The summed E-state index contributed by atoms with van der Waals surface area (Å²) in [5, 5.41) is 9.15. The van der Waals surface area contributed by atoms with Gasteiger partial charge in [-0.3, -0.25) is 4.57 Å². The average Bonchev–Trinajstić information content (AvgIpc) is 3.48. The van der Waals surface area contributed by atoms with Crippen LogP contribution in [0.2, 0.25) is 5.02 Å². The molecule has 2 aromatic carbocycles. The van der Waals surface area contributed by atoms with Crippen LogP contribution >= 0.6 is 11.6 Å². The minimum Gasteiger partial charge on any atom is -0.495 e. The normalized spacial score (nSPS) is 11.6. The molecule has 9 heteroatoms. The van der Waals surface area contributed by atoms with Gasteiger partial charge in [0.1, 0.15) is 11.5 Å². The van der Waals surface area contributed by atoms with Gasteiger partial charge in [0.05, 0.1) is 24.8 Å². The molecule has 0 saturated heterocycles. The molecule has 0 N–H and O–H groups in total. The van der Waals surface area contributed by atoms with E-state index in [9.17, 15) is 8.42 Å². The number of nitrogens with zero attached hydrogens (tertiary/aromatic N) is 3. The van der Waals surface area contributed by atoms with Gasteiger partial charge in [0.2, 0.25) is 5.82 Å². The van der Waals surface area contributed by atoms with Crippen LogP contribution in [0.15, 0.2) is 65.3 Å². The van der Waals surface area contributed by atoms with Crippen LogP contribution in [0.1, 0.15) is 23.9 Å². The summed E-state index contributed by atoms with van der Waals surface area (Å²) in [6, 6.07) is 16.4. The molecule has 4 aromatic rings. The summed E-state index contributed by atoms with van der Waals surface area (Å²) in [5.41, 5.74) is 2.59. The molecule has 0 aliphatic rings. The van der Waals surface area contributed by atoms with Crippen LogP contribution in [0.3, 0.4) is 0 Å². The molecule has 172 valence electrons. The smallest absolute Gasteiger partial charge is 0.204 e. The molecule has 0 unspecified atom stereocenters. The second kappa shape index (κ2) is 9.80. The van der Waals surface area contributed by atoms with Gasteiger partial charge in [-0.05, 0) is 54.3 Å². The summed E-state index contributed by atoms with van der Waals surface area (Å²) >= 11 is 5.92. The Labute approximate surface area is 197 Å². The van der Waals surface area contributed by atoms with Crippen molar-refractivity contribution in [2.75, 3.05) is 12.9 Å². The molecule has 2 heterocycles. The van der Waals surface area contributed by atoms with Gasteiger partial charge in [-0.1, -0.05) is 42.8 Å². The van der Waals surface area contributed by atoms with E-state index in [1.807, 2.05) is 37.3 Å². The summed E-state index contributed by atoms with van der Waals surface area (Å²) in [4.78, 5) is 0. The minimum atomic E-state index is -3.50. The van der Waals surface area contributed by atoms with Crippen LogP contribution in [0.25, 0.3) is 17.3 Å². The predicted molar refractivity (Wildman–Crippen MR) is 128 cm³/mol. The highest BCUT2D eigenvalue weighted by Gasteiger charge is 2.25. The third kappa shape index (κ3) is 5.12. The topological polar surface area (TPSA) is 87.2 Å². The lowest BCUT2D eigenvalue weighted by atomic mass is 10.1.